The lowest BCUT2D eigenvalue weighted by Crippen LogP contribution is -2.14. The fraction of sp³-hybridized carbons (Fsp3) is 0.316. The molecular formula is C19H18F5NO5S. The van der Waals surface area contributed by atoms with Crippen LogP contribution in [0.5, 0.6) is 0 Å². The molecule has 170 valence electrons. The molecule has 31 heavy (non-hydrogen) atoms. The van der Waals surface area contributed by atoms with Gasteiger partial charge in [-0.1, -0.05) is 49.7 Å². The van der Waals surface area contributed by atoms with Gasteiger partial charge < -0.3 is 0 Å². The van der Waals surface area contributed by atoms with Gasteiger partial charge in [0.2, 0.25) is 5.82 Å². The summed E-state index contributed by atoms with van der Waals surface area (Å²) in [7, 11) is -5.46. The number of benzene rings is 2. The Bertz CT molecular complexity index is 1060. The highest BCUT2D eigenvalue weighted by molar-refractivity contribution is 7.86. The van der Waals surface area contributed by atoms with Crippen molar-refractivity contribution in [3.8, 4) is 0 Å². The lowest BCUT2D eigenvalue weighted by atomic mass is 9.94. The van der Waals surface area contributed by atoms with E-state index in [0.29, 0.717) is 11.1 Å². The largest absolute Gasteiger partial charge is 0.364 e. The third-order valence-corrected chi connectivity index (χ3v) is 5.75. The fourth-order valence-electron chi connectivity index (χ4n) is 2.62. The first-order valence-corrected chi connectivity index (χ1v) is 10.3. The third-order valence-electron chi connectivity index (χ3n) is 4.62. The van der Waals surface area contributed by atoms with Crippen LogP contribution in [-0.2, 0) is 19.3 Å². The highest BCUT2D eigenvalue weighted by Gasteiger charge is 2.35. The van der Waals surface area contributed by atoms with E-state index in [2.05, 4.69) is 14.3 Å². The molecule has 0 amide bonds. The van der Waals surface area contributed by atoms with Crippen molar-refractivity contribution in [3.63, 3.8) is 0 Å². The van der Waals surface area contributed by atoms with Crippen molar-refractivity contribution >= 4 is 15.8 Å². The molecule has 0 aliphatic rings. The van der Waals surface area contributed by atoms with Gasteiger partial charge in [-0.2, -0.15) is 8.42 Å². The average molecular weight is 467 g/mol. The average Bonchev–Trinajstić information content (AvgIpc) is 2.75. The predicted octanol–water partition coefficient (Wildman–Crippen LogP) is 5.09. The van der Waals surface area contributed by atoms with Gasteiger partial charge >= 0.3 is 10.1 Å². The van der Waals surface area contributed by atoms with Gasteiger partial charge in [-0.3, -0.25) is 9.54 Å². The first-order chi connectivity index (χ1) is 14.5. The zero-order chi connectivity index (χ0) is 23.5. The van der Waals surface area contributed by atoms with Gasteiger partial charge in [0.05, 0.1) is 5.71 Å². The maximum absolute atomic E-state index is 13.7. The van der Waals surface area contributed by atoms with Crippen LogP contribution in [0.2, 0.25) is 0 Å². The Morgan fingerprint density at radius 3 is 1.94 bits per heavy atom. The predicted molar refractivity (Wildman–Crippen MR) is 99.1 cm³/mol. The molecule has 12 heteroatoms. The van der Waals surface area contributed by atoms with Crippen LogP contribution < -0.4 is 0 Å². The number of nitrogens with zero attached hydrogens (tertiary/aromatic N) is 1. The van der Waals surface area contributed by atoms with Crippen molar-refractivity contribution < 1.29 is 44.8 Å². The molecule has 0 aliphatic heterocycles. The second-order valence-corrected chi connectivity index (χ2v) is 8.10. The highest BCUT2D eigenvalue weighted by Crippen LogP contribution is 2.29. The first-order valence-electron chi connectivity index (χ1n) is 8.86. The van der Waals surface area contributed by atoms with E-state index in [9.17, 15) is 30.4 Å². The summed E-state index contributed by atoms with van der Waals surface area (Å²) >= 11 is 0. The Balaban J connectivity index is 2.32. The van der Waals surface area contributed by atoms with Gasteiger partial charge in [-0.25, -0.2) is 26.8 Å². The molecular weight excluding hydrogens is 449 g/mol. The Hall–Kier alpha value is -2.57. The summed E-state index contributed by atoms with van der Waals surface area (Å²) in [6, 6.07) is 6.10. The van der Waals surface area contributed by atoms with E-state index < -0.39 is 50.2 Å². The van der Waals surface area contributed by atoms with E-state index in [1.54, 1.807) is 12.1 Å². The molecule has 0 radical (unpaired) electrons. The monoisotopic (exact) mass is 467 g/mol. The summed E-state index contributed by atoms with van der Waals surface area (Å²) in [4.78, 5) is 2.34. The smallest absolute Gasteiger partial charge is 0.264 e. The van der Waals surface area contributed by atoms with Crippen LogP contribution in [0.15, 0.2) is 34.3 Å². The van der Waals surface area contributed by atoms with Gasteiger partial charge in [0, 0.05) is 0 Å². The van der Waals surface area contributed by atoms with Gasteiger partial charge in [0.25, 0.3) is 0 Å². The van der Waals surface area contributed by atoms with E-state index in [1.807, 2.05) is 13.8 Å². The Kier molecular flexibility index (Phi) is 7.73. The maximum atomic E-state index is 13.7. The first kappa shape index (κ1) is 24.7. The zero-order valence-electron chi connectivity index (χ0n) is 16.5. The fourth-order valence-corrected chi connectivity index (χ4v) is 3.52. The molecule has 0 fully saturated rings. The summed E-state index contributed by atoms with van der Waals surface area (Å²) in [5, 5.41) is 12.3. The van der Waals surface area contributed by atoms with Crippen LogP contribution in [0.4, 0.5) is 22.0 Å². The Morgan fingerprint density at radius 2 is 1.48 bits per heavy atom. The molecule has 0 aliphatic carbocycles. The lowest BCUT2D eigenvalue weighted by molar-refractivity contribution is -0.293. The highest BCUT2D eigenvalue weighted by atomic mass is 32.2. The molecule has 1 N–H and O–H groups in total. The molecule has 0 saturated carbocycles. The second kappa shape index (κ2) is 9.71. The second-order valence-electron chi connectivity index (χ2n) is 6.64. The maximum Gasteiger partial charge on any atom is 0.364 e. The summed E-state index contributed by atoms with van der Waals surface area (Å²) in [6.45, 7) is 5.06. The molecule has 0 aromatic heterocycles. The molecule has 0 heterocycles. The molecule has 2 unspecified atom stereocenters. The molecule has 6 nitrogen and oxygen atoms in total. The van der Waals surface area contributed by atoms with Crippen LogP contribution in [0.1, 0.15) is 44.4 Å². The van der Waals surface area contributed by atoms with Crippen LogP contribution in [0, 0.1) is 35.0 Å². The van der Waals surface area contributed by atoms with Crippen LogP contribution in [-0.4, -0.2) is 19.4 Å². The third kappa shape index (κ3) is 5.02. The standard InChI is InChI=1S/C19H18F5NO5S/c1-4-9(2)18(29-26)12-7-5-11(6-8-12)10(3)25-30-31(27,28)19-16(23)14(21)13(20)15(22)17(19)24/h5-9,18,26H,4H2,1-3H3. The van der Waals surface area contributed by atoms with Crippen molar-refractivity contribution in [2.75, 3.05) is 0 Å². The minimum absolute atomic E-state index is 0.0135. The van der Waals surface area contributed by atoms with Crippen molar-refractivity contribution in [1.29, 1.82) is 0 Å². The van der Waals surface area contributed by atoms with Gasteiger partial charge in [-0.05, 0) is 24.0 Å². The van der Waals surface area contributed by atoms with Crippen molar-refractivity contribution in [2.24, 2.45) is 11.1 Å². The summed E-state index contributed by atoms with van der Waals surface area (Å²) < 4.78 is 95.3. The number of oxime groups is 1. The summed E-state index contributed by atoms with van der Waals surface area (Å²) in [5.74, 6) is -12.5. The van der Waals surface area contributed by atoms with Crippen molar-refractivity contribution in [3.05, 3.63) is 64.5 Å². The normalized spacial score (nSPS) is 14.4. The lowest BCUT2D eigenvalue weighted by Gasteiger charge is -2.20. The molecule has 2 rings (SSSR count). The molecule has 2 aromatic rings. The Labute approximate surface area is 175 Å². The molecule has 2 atom stereocenters. The Morgan fingerprint density at radius 1 is 1.00 bits per heavy atom. The molecule has 0 saturated heterocycles. The van der Waals surface area contributed by atoms with E-state index in [0.717, 1.165) is 6.42 Å². The molecule has 2 aromatic carbocycles. The number of hydrogen-bond donors (Lipinski definition) is 1. The minimum Gasteiger partial charge on any atom is -0.264 e. The minimum atomic E-state index is -5.46. The molecule has 0 bridgehead atoms. The van der Waals surface area contributed by atoms with Gasteiger partial charge in [0.15, 0.2) is 28.2 Å². The van der Waals surface area contributed by atoms with Crippen LogP contribution in [0.3, 0.4) is 0 Å². The number of rotatable bonds is 8. The SMILES string of the molecule is CCC(C)C(OO)c1ccc(C(C)=NOS(=O)(=O)c2c(F)c(F)c(F)c(F)c2F)cc1. The topological polar surface area (TPSA) is 85.2 Å². The quantitative estimate of drug-likeness (QED) is 0.146. The van der Waals surface area contributed by atoms with E-state index >= 15 is 0 Å². The van der Waals surface area contributed by atoms with Crippen molar-refractivity contribution in [1.82, 2.24) is 0 Å². The van der Waals surface area contributed by atoms with Crippen LogP contribution in [0.25, 0.3) is 0 Å². The molecule has 0 spiro atoms. The van der Waals surface area contributed by atoms with E-state index in [1.165, 1.54) is 19.1 Å². The van der Waals surface area contributed by atoms with Crippen molar-refractivity contribution in [2.45, 2.75) is 38.2 Å². The van der Waals surface area contributed by atoms with E-state index in [-0.39, 0.29) is 11.6 Å². The number of halogens is 5. The number of hydrogen-bond acceptors (Lipinski definition) is 6. The van der Waals surface area contributed by atoms with Gasteiger partial charge in [0.1, 0.15) is 6.10 Å². The summed E-state index contributed by atoms with van der Waals surface area (Å²) in [6.07, 6.45) is 0.110. The zero-order valence-corrected chi connectivity index (χ0v) is 17.3. The van der Waals surface area contributed by atoms with E-state index in [4.69, 9.17) is 5.26 Å². The summed E-state index contributed by atoms with van der Waals surface area (Å²) in [5.41, 5.74) is 0.851. The van der Waals surface area contributed by atoms with Crippen LogP contribution >= 0.6 is 0 Å². The van der Waals surface area contributed by atoms with Gasteiger partial charge in [-0.15, -0.1) is 0 Å².